The first kappa shape index (κ1) is 25.2. The van der Waals surface area contributed by atoms with Gasteiger partial charge in [-0.15, -0.1) is 0 Å². The second kappa shape index (κ2) is 11.7. The maximum Gasteiger partial charge on any atom is 0.149 e. The Labute approximate surface area is 210 Å². The van der Waals surface area contributed by atoms with Crippen LogP contribution in [0.1, 0.15) is 36.3 Å². The van der Waals surface area contributed by atoms with Gasteiger partial charge in [0.25, 0.3) is 0 Å². The summed E-state index contributed by atoms with van der Waals surface area (Å²) in [6, 6.07) is 3.89. The van der Waals surface area contributed by atoms with E-state index in [2.05, 4.69) is 39.2 Å². The molecule has 2 heterocycles. The highest BCUT2D eigenvalue weighted by molar-refractivity contribution is 6.05. The number of aliphatic imine (C=N–C) groups is 2. The van der Waals surface area contributed by atoms with Gasteiger partial charge in [-0.1, -0.05) is 12.6 Å². The van der Waals surface area contributed by atoms with Crippen molar-refractivity contribution in [3.05, 3.63) is 89.6 Å². The Morgan fingerprint density at radius 3 is 2.64 bits per heavy atom. The smallest absolute Gasteiger partial charge is 0.149 e. The van der Waals surface area contributed by atoms with E-state index in [1.54, 1.807) is 18.3 Å². The molecule has 2 aromatic rings. The van der Waals surface area contributed by atoms with Gasteiger partial charge in [-0.3, -0.25) is 15.0 Å². The summed E-state index contributed by atoms with van der Waals surface area (Å²) in [6.45, 7) is 9.65. The lowest BCUT2D eigenvalue weighted by Crippen LogP contribution is -2.37. The molecule has 36 heavy (non-hydrogen) atoms. The minimum Gasteiger partial charge on any atom is -0.405 e. The van der Waals surface area contributed by atoms with Crippen LogP contribution in [0.25, 0.3) is 0 Å². The maximum atomic E-state index is 14.1. The predicted molar refractivity (Wildman–Crippen MR) is 142 cm³/mol. The Morgan fingerprint density at radius 1 is 1.22 bits per heavy atom. The van der Waals surface area contributed by atoms with Crippen LogP contribution in [0.4, 0.5) is 20.2 Å². The number of pyridine rings is 1. The predicted octanol–water partition coefficient (Wildman–Crippen LogP) is 4.29. The fraction of sp³-hybridized carbons (Fsp3) is 0.296. The van der Waals surface area contributed by atoms with E-state index >= 15 is 0 Å². The van der Waals surface area contributed by atoms with Crippen molar-refractivity contribution in [3.8, 4) is 0 Å². The van der Waals surface area contributed by atoms with Crippen LogP contribution in [0, 0.1) is 11.6 Å². The first-order valence-electron chi connectivity index (χ1n) is 12.0. The molecule has 7 nitrogen and oxygen atoms in total. The third-order valence-corrected chi connectivity index (χ3v) is 6.12. The van der Waals surface area contributed by atoms with Crippen LogP contribution in [0.2, 0.25) is 0 Å². The summed E-state index contributed by atoms with van der Waals surface area (Å²) in [5.41, 5.74) is 9.12. The Kier molecular flexibility index (Phi) is 8.22. The van der Waals surface area contributed by atoms with Gasteiger partial charge in [0.15, 0.2) is 0 Å². The molecule has 2 aliphatic rings. The number of nitrogens with zero attached hydrogens (tertiary/aromatic N) is 3. The number of anilines is 1. The van der Waals surface area contributed by atoms with Crippen LogP contribution in [-0.4, -0.2) is 43.2 Å². The molecule has 9 heteroatoms. The molecule has 5 N–H and O–H groups in total. The fourth-order valence-electron chi connectivity index (χ4n) is 4.19. The van der Waals surface area contributed by atoms with Gasteiger partial charge in [-0.05, 0) is 80.1 Å². The lowest BCUT2D eigenvalue weighted by Gasteiger charge is -2.19. The van der Waals surface area contributed by atoms with E-state index in [0.29, 0.717) is 28.7 Å². The van der Waals surface area contributed by atoms with Crippen molar-refractivity contribution in [3.63, 3.8) is 0 Å². The second-order valence-electron chi connectivity index (χ2n) is 8.88. The van der Waals surface area contributed by atoms with E-state index in [1.807, 2.05) is 6.20 Å². The lowest BCUT2D eigenvalue weighted by molar-refractivity contribution is 0.590. The van der Waals surface area contributed by atoms with Crippen molar-refractivity contribution < 1.29 is 8.78 Å². The molecule has 0 bridgehead atoms. The third-order valence-electron chi connectivity index (χ3n) is 6.12. The fourth-order valence-corrected chi connectivity index (χ4v) is 4.19. The number of nitrogens with one attached hydrogen (secondary N) is 3. The van der Waals surface area contributed by atoms with Crippen molar-refractivity contribution in [1.82, 2.24) is 15.6 Å². The van der Waals surface area contributed by atoms with Crippen molar-refractivity contribution in [2.24, 2.45) is 15.7 Å². The van der Waals surface area contributed by atoms with Crippen LogP contribution in [0.15, 0.2) is 76.8 Å². The number of rotatable bonds is 10. The average Bonchev–Trinajstić information content (AvgIpc) is 3.59. The van der Waals surface area contributed by atoms with Crippen LogP contribution < -0.4 is 21.7 Å². The molecule has 1 saturated heterocycles. The Morgan fingerprint density at radius 2 is 2.00 bits per heavy atom. The number of hydrogen-bond donors (Lipinski definition) is 4. The van der Waals surface area contributed by atoms with E-state index in [0.717, 1.165) is 43.5 Å². The van der Waals surface area contributed by atoms with Gasteiger partial charge in [0.2, 0.25) is 0 Å². The molecule has 0 amide bonds. The maximum absolute atomic E-state index is 14.1. The molecule has 4 rings (SSSR count). The van der Waals surface area contributed by atoms with Gasteiger partial charge in [0.1, 0.15) is 23.2 Å². The van der Waals surface area contributed by atoms with Gasteiger partial charge in [-0.2, -0.15) is 0 Å². The second-order valence-corrected chi connectivity index (χ2v) is 8.88. The van der Waals surface area contributed by atoms with Crippen LogP contribution in [0.3, 0.4) is 0 Å². The summed E-state index contributed by atoms with van der Waals surface area (Å²) < 4.78 is 28.1. The molecule has 0 unspecified atom stereocenters. The normalized spacial score (nSPS) is 18.4. The Balaban J connectivity index is 1.64. The average molecular weight is 492 g/mol. The highest BCUT2D eigenvalue weighted by atomic mass is 19.1. The Bertz CT molecular complexity index is 1190. The van der Waals surface area contributed by atoms with Crippen molar-refractivity contribution in [1.29, 1.82) is 0 Å². The summed E-state index contributed by atoms with van der Waals surface area (Å²) in [5, 5.41) is 9.65. The van der Waals surface area contributed by atoms with Gasteiger partial charge in [-0.25, -0.2) is 8.78 Å². The van der Waals surface area contributed by atoms with E-state index in [-0.39, 0.29) is 18.3 Å². The standard InChI is InChI=1S/C27H31F2N7/c1-17(35-26-22(28)4-3-5-23(26)29)12-18(8-10-30)13-34-27(36-20-9-11-32-14-20)25-21(19-6-7-19)15-33-16-24(25)31-2/h3-5,8,10,12,15-16,19-20,32,35H,1-2,6-7,9,11,13-14,30H2,(H,34,36)/b10-8-,18-12+/t20-/m1/s1. The first-order chi connectivity index (χ1) is 17.5. The molecule has 1 aliphatic carbocycles. The van der Waals surface area contributed by atoms with Gasteiger partial charge >= 0.3 is 0 Å². The summed E-state index contributed by atoms with van der Waals surface area (Å²) in [6.07, 6.45) is 11.5. The molecule has 1 atom stereocenters. The third kappa shape index (κ3) is 6.23. The Hall–Kier alpha value is -3.85. The van der Waals surface area contributed by atoms with Gasteiger partial charge in [0.05, 0.1) is 18.4 Å². The van der Waals surface area contributed by atoms with Crippen LogP contribution >= 0.6 is 0 Å². The summed E-state index contributed by atoms with van der Waals surface area (Å²) >= 11 is 0. The lowest BCUT2D eigenvalue weighted by atomic mass is 10.0. The molecule has 2 fully saturated rings. The van der Waals surface area contributed by atoms with E-state index in [1.165, 1.54) is 24.4 Å². The molecular formula is C27H31F2N7. The molecule has 1 aromatic heterocycles. The number of allylic oxidation sites excluding steroid dienone is 1. The number of amidine groups is 1. The molecule has 1 aromatic carbocycles. The molecule has 0 spiro atoms. The van der Waals surface area contributed by atoms with Gasteiger partial charge < -0.3 is 21.7 Å². The zero-order chi connectivity index (χ0) is 25.5. The summed E-state index contributed by atoms with van der Waals surface area (Å²) in [7, 11) is 0. The van der Waals surface area contributed by atoms with Crippen LogP contribution in [0.5, 0.6) is 0 Å². The number of hydrogen-bond acceptors (Lipinski definition) is 6. The topological polar surface area (TPSA) is 99.7 Å². The number of benzene rings is 1. The molecule has 188 valence electrons. The van der Waals surface area contributed by atoms with Crippen molar-refractivity contribution >= 4 is 23.9 Å². The first-order valence-corrected chi connectivity index (χ1v) is 12.0. The minimum atomic E-state index is -0.704. The highest BCUT2D eigenvalue weighted by Gasteiger charge is 2.30. The zero-order valence-electron chi connectivity index (χ0n) is 20.1. The largest absolute Gasteiger partial charge is 0.405 e. The number of aromatic nitrogens is 1. The quantitative estimate of drug-likeness (QED) is 0.226. The summed E-state index contributed by atoms with van der Waals surface area (Å²) in [5.74, 6) is -0.262. The van der Waals surface area contributed by atoms with E-state index in [4.69, 9.17) is 10.7 Å². The van der Waals surface area contributed by atoms with Crippen molar-refractivity contribution in [2.75, 3.05) is 25.0 Å². The molecule has 0 radical (unpaired) electrons. The van der Waals surface area contributed by atoms with Gasteiger partial charge in [0, 0.05) is 30.0 Å². The molecule has 1 aliphatic heterocycles. The minimum absolute atomic E-state index is 0.222. The zero-order valence-corrected chi connectivity index (χ0v) is 20.1. The van der Waals surface area contributed by atoms with E-state index in [9.17, 15) is 8.78 Å². The summed E-state index contributed by atoms with van der Waals surface area (Å²) in [4.78, 5) is 13.5. The number of nitrogens with two attached hydrogens (primary N) is 1. The van der Waals surface area contributed by atoms with Crippen LogP contribution in [-0.2, 0) is 0 Å². The molecular weight excluding hydrogens is 460 g/mol. The molecule has 1 saturated carbocycles. The SMILES string of the molecule is C=Nc1cncc(C2CC2)c1C(=NCC(/C=C\N)=C/C(=C)Nc1c(F)cccc1F)N[C@@H]1CCNC1. The highest BCUT2D eigenvalue weighted by Crippen LogP contribution is 2.43. The number of halogens is 2. The monoisotopic (exact) mass is 491 g/mol. The van der Waals surface area contributed by atoms with E-state index < -0.39 is 11.6 Å². The van der Waals surface area contributed by atoms with Crippen molar-refractivity contribution in [2.45, 2.75) is 31.2 Å². The number of para-hydroxylation sites is 1.